The SMILES string of the molecule is COc1ccc(Cc2c(O)cc(C(=O)O)cc2F)c(F)c1. The molecule has 0 aliphatic rings. The second-order valence-electron chi connectivity index (χ2n) is 4.40. The van der Waals surface area contributed by atoms with Gasteiger partial charge in [-0.15, -0.1) is 0 Å². The summed E-state index contributed by atoms with van der Waals surface area (Å²) in [6.07, 6.45) is -0.201. The van der Waals surface area contributed by atoms with Crippen LogP contribution in [0.2, 0.25) is 0 Å². The second kappa shape index (κ2) is 5.78. The maximum Gasteiger partial charge on any atom is 0.335 e. The molecular weight excluding hydrogens is 282 g/mol. The van der Waals surface area contributed by atoms with Crippen LogP contribution in [0.15, 0.2) is 30.3 Å². The number of phenolic OH excluding ortho intramolecular Hbond substituents is 1. The van der Waals surface area contributed by atoms with Crippen molar-refractivity contribution in [1.29, 1.82) is 0 Å². The van der Waals surface area contributed by atoms with Crippen LogP contribution < -0.4 is 4.74 Å². The van der Waals surface area contributed by atoms with Gasteiger partial charge < -0.3 is 14.9 Å². The number of methoxy groups -OCH3 is 1. The van der Waals surface area contributed by atoms with Gasteiger partial charge in [0.2, 0.25) is 0 Å². The van der Waals surface area contributed by atoms with Crippen LogP contribution in [0.1, 0.15) is 21.5 Å². The Kier molecular flexibility index (Phi) is 4.07. The predicted octanol–water partition coefficient (Wildman–Crippen LogP) is 2.97. The molecule has 0 aliphatic carbocycles. The van der Waals surface area contributed by atoms with Crippen molar-refractivity contribution >= 4 is 5.97 Å². The van der Waals surface area contributed by atoms with Crippen LogP contribution in [0, 0.1) is 11.6 Å². The lowest BCUT2D eigenvalue weighted by molar-refractivity contribution is 0.0695. The summed E-state index contributed by atoms with van der Waals surface area (Å²) in [5.74, 6) is -3.06. The number of hydrogen-bond donors (Lipinski definition) is 2. The van der Waals surface area contributed by atoms with E-state index in [1.807, 2.05) is 0 Å². The molecule has 2 aromatic carbocycles. The standard InChI is InChI=1S/C15H12F2O4/c1-21-10-3-2-8(12(16)7-10)4-11-13(17)5-9(15(19)20)6-14(11)18/h2-3,5-7,18H,4H2,1H3,(H,19,20). The second-order valence-corrected chi connectivity index (χ2v) is 4.40. The van der Waals surface area contributed by atoms with Gasteiger partial charge in [0.05, 0.1) is 12.7 Å². The molecule has 0 spiro atoms. The molecule has 0 aliphatic heterocycles. The van der Waals surface area contributed by atoms with E-state index in [4.69, 9.17) is 9.84 Å². The van der Waals surface area contributed by atoms with Crippen molar-refractivity contribution in [2.45, 2.75) is 6.42 Å². The average Bonchev–Trinajstić information content (AvgIpc) is 2.43. The van der Waals surface area contributed by atoms with Crippen molar-refractivity contribution in [2.75, 3.05) is 7.11 Å². The average molecular weight is 294 g/mol. The van der Waals surface area contributed by atoms with Gasteiger partial charge in [-0.1, -0.05) is 6.07 Å². The molecule has 0 bridgehead atoms. The number of carbonyl (C=O) groups is 1. The van der Waals surface area contributed by atoms with Gasteiger partial charge in [-0.25, -0.2) is 13.6 Å². The van der Waals surface area contributed by atoms with Crippen LogP contribution in [0.3, 0.4) is 0 Å². The zero-order valence-corrected chi connectivity index (χ0v) is 11.1. The predicted molar refractivity (Wildman–Crippen MR) is 70.8 cm³/mol. The van der Waals surface area contributed by atoms with Crippen molar-refractivity contribution in [3.63, 3.8) is 0 Å². The van der Waals surface area contributed by atoms with E-state index in [-0.39, 0.29) is 23.1 Å². The Morgan fingerprint density at radius 3 is 2.43 bits per heavy atom. The fourth-order valence-electron chi connectivity index (χ4n) is 1.91. The van der Waals surface area contributed by atoms with E-state index >= 15 is 0 Å². The minimum absolute atomic E-state index is 0.160. The largest absolute Gasteiger partial charge is 0.508 e. The summed E-state index contributed by atoms with van der Waals surface area (Å²) in [4.78, 5) is 10.7. The van der Waals surface area contributed by atoms with E-state index in [1.54, 1.807) is 0 Å². The molecule has 0 saturated heterocycles. The number of benzene rings is 2. The first kappa shape index (κ1) is 14.8. The monoisotopic (exact) mass is 294 g/mol. The smallest absolute Gasteiger partial charge is 0.335 e. The van der Waals surface area contributed by atoms with Crippen LogP contribution >= 0.6 is 0 Å². The lowest BCUT2D eigenvalue weighted by atomic mass is 10.0. The molecule has 4 nitrogen and oxygen atoms in total. The fourth-order valence-corrected chi connectivity index (χ4v) is 1.91. The number of ether oxygens (including phenoxy) is 1. The fraction of sp³-hybridized carbons (Fsp3) is 0.133. The molecule has 0 fully saturated rings. The van der Waals surface area contributed by atoms with Crippen molar-refractivity contribution < 1.29 is 28.5 Å². The summed E-state index contributed by atoms with van der Waals surface area (Å²) in [5.41, 5.74) is -0.374. The zero-order chi connectivity index (χ0) is 15.6. The molecule has 2 aromatic rings. The first-order valence-corrected chi connectivity index (χ1v) is 5.99. The molecule has 110 valence electrons. The minimum Gasteiger partial charge on any atom is -0.508 e. The van der Waals surface area contributed by atoms with Gasteiger partial charge in [0.1, 0.15) is 23.1 Å². The molecule has 2 rings (SSSR count). The molecule has 6 heteroatoms. The van der Waals surface area contributed by atoms with Crippen molar-refractivity contribution in [2.24, 2.45) is 0 Å². The molecular formula is C15H12F2O4. The Labute approximate surface area is 119 Å². The summed E-state index contributed by atoms with van der Waals surface area (Å²) in [6.45, 7) is 0. The molecule has 0 unspecified atom stereocenters. The normalized spacial score (nSPS) is 10.4. The van der Waals surface area contributed by atoms with E-state index < -0.39 is 23.4 Å². The van der Waals surface area contributed by atoms with Gasteiger partial charge in [0.15, 0.2) is 0 Å². The number of halogens is 2. The van der Waals surface area contributed by atoms with E-state index in [9.17, 15) is 18.7 Å². The molecule has 0 aromatic heterocycles. The quantitative estimate of drug-likeness (QED) is 0.909. The maximum atomic E-state index is 13.9. The first-order valence-electron chi connectivity index (χ1n) is 5.99. The Morgan fingerprint density at radius 1 is 1.19 bits per heavy atom. The topological polar surface area (TPSA) is 66.8 Å². The Balaban J connectivity index is 2.38. The number of carboxylic acids is 1. The van der Waals surface area contributed by atoms with Crippen molar-refractivity contribution in [3.05, 3.63) is 58.7 Å². The van der Waals surface area contributed by atoms with Crippen molar-refractivity contribution in [1.82, 2.24) is 0 Å². The Morgan fingerprint density at radius 2 is 1.90 bits per heavy atom. The third-order valence-electron chi connectivity index (χ3n) is 3.05. The maximum absolute atomic E-state index is 13.9. The zero-order valence-electron chi connectivity index (χ0n) is 11.1. The van der Waals surface area contributed by atoms with Gasteiger partial charge in [0.25, 0.3) is 0 Å². The van der Waals surface area contributed by atoms with Crippen LogP contribution in [0.25, 0.3) is 0 Å². The first-order chi connectivity index (χ1) is 9.92. The van der Waals surface area contributed by atoms with E-state index in [2.05, 4.69) is 0 Å². The van der Waals surface area contributed by atoms with Crippen LogP contribution in [-0.4, -0.2) is 23.3 Å². The van der Waals surface area contributed by atoms with Crippen LogP contribution in [0.4, 0.5) is 8.78 Å². The number of aromatic hydroxyl groups is 1. The molecule has 0 amide bonds. The highest BCUT2D eigenvalue weighted by atomic mass is 19.1. The number of carboxylic acid groups (broad SMARTS) is 1. The molecule has 0 atom stereocenters. The van der Waals surface area contributed by atoms with E-state index in [1.165, 1.54) is 19.2 Å². The third kappa shape index (κ3) is 3.10. The lowest BCUT2D eigenvalue weighted by Crippen LogP contribution is -2.02. The summed E-state index contributed by atoms with van der Waals surface area (Å²) in [6, 6.07) is 5.80. The van der Waals surface area contributed by atoms with Gasteiger partial charge in [-0.05, 0) is 23.8 Å². The number of aromatic carboxylic acids is 1. The number of phenols is 1. The Bertz CT molecular complexity index is 675. The van der Waals surface area contributed by atoms with Gasteiger partial charge in [-0.3, -0.25) is 0 Å². The van der Waals surface area contributed by atoms with Gasteiger partial charge >= 0.3 is 5.97 Å². The Hall–Kier alpha value is -2.63. The summed E-state index contributed by atoms with van der Waals surface area (Å²) in [5, 5.41) is 18.5. The molecule has 21 heavy (non-hydrogen) atoms. The molecule has 0 radical (unpaired) electrons. The molecule has 0 saturated carbocycles. The summed E-state index contributed by atoms with van der Waals surface area (Å²) in [7, 11) is 1.39. The van der Waals surface area contributed by atoms with Gasteiger partial charge in [0, 0.05) is 18.1 Å². The van der Waals surface area contributed by atoms with Gasteiger partial charge in [-0.2, -0.15) is 0 Å². The van der Waals surface area contributed by atoms with Crippen molar-refractivity contribution in [3.8, 4) is 11.5 Å². The molecule has 2 N–H and O–H groups in total. The minimum atomic E-state index is -1.36. The number of hydrogen-bond acceptors (Lipinski definition) is 3. The molecule has 0 heterocycles. The summed E-state index contributed by atoms with van der Waals surface area (Å²) < 4.78 is 32.5. The number of rotatable bonds is 4. The summed E-state index contributed by atoms with van der Waals surface area (Å²) >= 11 is 0. The van der Waals surface area contributed by atoms with E-state index in [0.29, 0.717) is 5.75 Å². The third-order valence-corrected chi connectivity index (χ3v) is 3.05. The van der Waals surface area contributed by atoms with Crippen LogP contribution in [-0.2, 0) is 6.42 Å². The highest BCUT2D eigenvalue weighted by Gasteiger charge is 2.16. The highest BCUT2D eigenvalue weighted by molar-refractivity contribution is 5.88. The lowest BCUT2D eigenvalue weighted by Gasteiger charge is -2.09. The highest BCUT2D eigenvalue weighted by Crippen LogP contribution is 2.27. The van der Waals surface area contributed by atoms with Crippen LogP contribution in [0.5, 0.6) is 11.5 Å². The van der Waals surface area contributed by atoms with E-state index in [0.717, 1.165) is 18.2 Å².